The zero-order chi connectivity index (χ0) is 15.9. The second-order valence-electron chi connectivity index (χ2n) is 4.90. The number of anilines is 2. The number of hydrogen-bond acceptors (Lipinski definition) is 5. The van der Waals surface area contributed by atoms with Crippen molar-refractivity contribution >= 4 is 44.2 Å². The average Bonchev–Trinajstić information content (AvgIpc) is 2.86. The van der Waals surface area contributed by atoms with E-state index in [4.69, 9.17) is 0 Å². The number of rotatable bonds is 7. The first kappa shape index (κ1) is 16.4. The summed E-state index contributed by atoms with van der Waals surface area (Å²) in [6.07, 6.45) is 1.72. The molecule has 2 rings (SSSR count). The van der Waals surface area contributed by atoms with Crippen molar-refractivity contribution in [2.45, 2.75) is 26.2 Å². The van der Waals surface area contributed by atoms with Gasteiger partial charge in [-0.1, -0.05) is 18.3 Å². The zero-order valence-electron chi connectivity index (χ0n) is 12.7. The van der Waals surface area contributed by atoms with Crippen LogP contribution in [-0.4, -0.2) is 30.4 Å². The Morgan fingerprint density at radius 1 is 1.18 bits per heavy atom. The maximum absolute atomic E-state index is 11.7. The van der Waals surface area contributed by atoms with Crippen molar-refractivity contribution in [3.8, 4) is 0 Å². The first-order valence-electron chi connectivity index (χ1n) is 7.27. The molecule has 0 atom stereocenters. The topological polar surface area (TPSA) is 83.1 Å². The summed E-state index contributed by atoms with van der Waals surface area (Å²) in [5, 5.41) is 9.17. The number of nitrogens with one attached hydrogen (secondary N) is 3. The third-order valence-electron chi connectivity index (χ3n) is 3.00. The van der Waals surface area contributed by atoms with Crippen LogP contribution in [0.4, 0.5) is 10.8 Å². The Morgan fingerprint density at radius 3 is 2.68 bits per heavy atom. The van der Waals surface area contributed by atoms with Gasteiger partial charge in [0, 0.05) is 25.1 Å². The highest BCUT2D eigenvalue weighted by molar-refractivity contribution is 7.22. The molecule has 0 spiro atoms. The van der Waals surface area contributed by atoms with Gasteiger partial charge in [0.25, 0.3) is 0 Å². The van der Waals surface area contributed by atoms with Crippen LogP contribution >= 0.6 is 11.3 Å². The van der Waals surface area contributed by atoms with E-state index in [2.05, 4.69) is 20.9 Å². The molecule has 0 aliphatic rings. The second kappa shape index (κ2) is 7.86. The molecule has 0 saturated heterocycles. The predicted octanol–water partition coefficient (Wildman–Crippen LogP) is 2.58. The van der Waals surface area contributed by atoms with Gasteiger partial charge in [-0.15, -0.1) is 0 Å². The molecule has 118 valence electrons. The molecule has 6 nitrogen and oxygen atoms in total. The minimum atomic E-state index is -0.0327. The van der Waals surface area contributed by atoms with Crippen LogP contribution in [-0.2, 0) is 9.59 Å². The number of carbonyl (C=O) groups is 2. The van der Waals surface area contributed by atoms with Gasteiger partial charge in [-0.3, -0.25) is 9.59 Å². The van der Waals surface area contributed by atoms with E-state index in [0.717, 1.165) is 22.3 Å². The minimum absolute atomic E-state index is 0.0258. The summed E-state index contributed by atoms with van der Waals surface area (Å²) >= 11 is 1.40. The number of aromatic nitrogens is 1. The van der Waals surface area contributed by atoms with Gasteiger partial charge in [0.1, 0.15) is 0 Å². The van der Waals surface area contributed by atoms with Crippen LogP contribution in [0.15, 0.2) is 18.2 Å². The van der Waals surface area contributed by atoms with Gasteiger partial charge in [-0.25, -0.2) is 4.98 Å². The highest BCUT2D eigenvalue weighted by atomic mass is 32.1. The van der Waals surface area contributed by atoms with Crippen molar-refractivity contribution in [2.24, 2.45) is 0 Å². The molecule has 2 amide bonds. The van der Waals surface area contributed by atoms with Crippen molar-refractivity contribution in [1.29, 1.82) is 0 Å². The first-order valence-corrected chi connectivity index (χ1v) is 8.09. The quantitative estimate of drug-likeness (QED) is 0.732. The van der Waals surface area contributed by atoms with Crippen molar-refractivity contribution in [2.75, 3.05) is 24.2 Å². The Morgan fingerprint density at radius 2 is 1.95 bits per heavy atom. The molecule has 0 fully saturated rings. The maximum atomic E-state index is 11.7. The van der Waals surface area contributed by atoms with Crippen LogP contribution in [0.2, 0.25) is 0 Å². The highest BCUT2D eigenvalue weighted by Gasteiger charge is 2.09. The summed E-state index contributed by atoms with van der Waals surface area (Å²) in [6.45, 7) is 2.60. The molecule has 1 aromatic heterocycles. The van der Waals surface area contributed by atoms with Gasteiger partial charge in [0.05, 0.1) is 10.2 Å². The molecular weight excluding hydrogens is 300 g/mol. The van der Waals surface area contributed by atoms with E-state index in [1.54, 1.807) is 0 Å². The number of nitrogens with zero attached hydrogens (tertiary/aromatic N) is 1. The molecule has 0 radical (unpaired) electrons. The summed E-state index contributed by atoms with van der Waals surface area (Å²) in [4.78, 5) is 27.7. The van der Waals surface area contributed by atoms with E-state index in [1.165, 1.54) is 11.3 Å². The Labute approximate surface area is 133 Å². The number of amides is 2. The lowest BCUT2D eigenvalue weighted by Gasteiger charge is -2.04. The summed E-state index contributed by atoms with van der Waals surface area (Å²) < 4.78 is 0.929. The molecule has 7 heteroatoms. The first-order chi connectivity index (χ1) is 10.6. The number of carbonyl (C=O) groups excluding carboxylic acids is 2. The minimum Gasteiger partial charge on any atom is -0.326 e. The second-order valence-corrected chi connectivity index (χ2v) is 5.93. The molecule has 0 saturated carbocycles. The summed E-state index contributed by atoms with van der Waals surface area (Å²) in [6, 6.07) is 5.53. The molecule has 2 aromatic rings. The van der Waals surface area contributed by atoms with Gasteiger partial charge >= 0.3 is 0 Å². The van der Waals surface area contributed by atoms with E-state index in [-0.39, 0.29) is 11.8 Å². The maximum Gasteiger partial charge on any atom is 0.226 e. The molecular formula is C15H20N4O2S. The van der Waals surface area contributed by atoms with Crippen LogP contribution in [0.25, 0.3) is 10.2 Å². The molecule has 1 aromatic carbocycles. The molecule has 0 aliphatic heterocycles. The van der Waals surface area contributed by atoms with Gasteiger partial charge < -0.3 is 16.0 Å². The van der Waals surface area contributed by atoms with Crippen LogP contribution in [0, 0.1) is 0 Å². The number of hydrogen-bond donors (Lipinski definition) is 3. The summed E-state index contributed by atoms with van der Waals surface area (Å²) in [5.41, 5.74) is 1.55. The Hall–Kier alpha value is -1.99. The van der Waals surface area contributed by atoms with Gasteiger partial charge in [0.15, 0.2) is 5.13 Å². The average molecular weight is 320 g/mol. The van der Waals surface area contributed by atoms with E-state index < -0.39 is 0 Å². The van der Waals surface area contributed by atoms with E-state index in [1.807, 2.05) is 32.2 Å². The largest absolute Gasteiger partial charge is 0.326 e. The fourth-order valence-corrected chi connectivity index (χ4v) is 2.85. The molecule has 1 heterocycles. The Bertz CT molecular complexity index is 669. The smallest absolute Gasteiger partial charge is 0.226 e. The lowest BCUT2D eigenvalue weighted by Crippen LogP contribution is -2.18. The van der Waals surface area contributed by atoms with Crippen LogP contribution < -0.4 is 16.0 Å². The number of thiazole rings is 1. The third-order valence-corrected chi connectivity index (χ3v) is 3.93. The molecule has 3 N–H and O–H groups in total. The third kappa shape index (κ3) is 4.51. The molecule has 0 aliphatic carbocycles. The summed E-state index contributed by atoms with van der Waals surface area (Å²) in [5.74, 6) is -0.0585. The van der Waals surface area contributed by atoms with E-state index in [9.17, 15) is 9.59 Å². The highest BCUT2D eigenvalue weighted by Crippen LogP contribution is 2.28. The molecule has 22 heavy (non-hydrogen) atoms. The van der Waals surface area contributed by atoms with E-state index >= 15 is 0 Å². The fraction of sp³-hybridized carbons (Fsp3) is 0.400. The lowest BCUT2D eigenvalue weighted by atomic mass is 10.3. The normalized spacial score (nSPS) is 10.6. The van der Waals surface area contributed by atoms with Crippen molar-refractivity contribution < 1.29 is 9.59 Å². The monoisotopic (exact) mass is 320 g/mol. The van der Waals surface area contributed by atoms with Crippen LogP contribution in [0.5, 0.6) is 0 Å². The van der Waals surface area contributed by atoms with Gasteiger partial charge in [0.2, 0.25) is 11.8 Å². The molecule has 0 bridgehead atoms. The Kier molecular flexibility index (Phi) is 5.85. The van der Waals surface area contributed by atoms with Crippen molar-refractivity contribution in [3.63, 3.8) is 0 Å². The standard InChI is InChI=1S/C15H20N4O2S/c1-3-4-13(20)19-15-18-11-6-5-10(9-12(11)22-15)17-14(21)7-8-16-2/h5-6,9,16H,3-4,7-8H2,1-2H3,(H,17,21)(H,18,19,20). The Balaban J connectivity index is 2.07. The van der Waals surface area contributed by atoms with Crippen LogP contribution in [0.1, 0.15) is 26.2 Å². The number of fused-ring (bicyclic) bond motifs is 1. The fourth-order valence-electron chi connectivity index (χ4n) is 1.93. The number of benzene rings is 1. The SMILES string of the molecule is CCCC(=O)Nc1nc2ccc(NC(=O)CCNC)cc2s1. The predicted molar refractivity (Wildman–Crippen MR) is 90.3 cm³/mol. The van der Waals surface area contributed by atoms with Gasteiger partial charge in [-0.2, -0.15) is 0 Å². The van der Waals surface area contributed by atoms with Crippen molar-refractivity contribution in [1.82, 2.24) is 10.3 Å². The molecule has 0 unspecified atom stereocenters. The zero-order valence-corrected chi connectivity index (χ0v) is 13.5. The van der Waals surface area contributed by atoms with Crippen molar-refractivity contribution in [3.05, 3.63) is 18.2 Å². The lowest BCUT2D eigenvalue weighted by molar-refractivity contribution is -0.117. The summed E-state index contributed by atoms with van der Waals surface area (Å²) in [7, 11) is 1.81. The van der Waals surface area contributed by atoms with Crippen LogP contribution in [0.3, 0.4) is 0 Å². The van der Waals surface area contributed by atoms with Gasteiger partial charge in [-0.05, 0) is 31.7 Å². The van der Waals surface area contributed by atoms with E-state index in [0.29, 0.717) is 24.5 Å².